The van der Waals surface area contributed by atoms with Crippen LogP contribution >= 0.6 is 23.2 Å². The molecule has 2 unspecified atom stereocenters. The van der Waals surface area contributed by atoms with E-state index >= 15 is 0 Å². The van der Waals surface area contributed by atoms with Crippen molar-refractivity contribution in [1.29, 1.82) is 0 Å². The van der Waals surface area contributed by atoms with Gasteiger partial charge in [0.1, 0.15) is 0 Å². The largest absolute Gasteiger partial charge is 0.387 e. The SMILES string of the molecule is OC(CC1CCCc2ccccc21)c1ncc(Cl)cc1Cl. The second-order valence-electron chi connectivity index (χ2n) is 5.56. The lowest BCUT2D eigenvalue weighted by atomic mass is 9.79. The third-order valence-electron chi connectivity index (χ3n) is 4.15. The molecule has 0 radical (unpaired) electrons. The number of aryl methyl sites for hydroxylation is 1. The zero-order valence-electron chi connectivity index (χ0n) is 11.6. The van der Waals surface area contributed by atoms with Crippen LogP contribution in [-0.2, 0) is 6.42 Å². The highest BCUT2D eigenvalue weighted by molar-refractivity contribution is 6.34. The fourth-order valence-corrected chi connectivity index (χ4v) is 3.66. The smallest absolute Gasteiger partial charge is 0.0980 e. The number of pyridine rings is 1. The Bertz CT molecular complexity index is 644. The molecule has 0 bridgehead atoms. The number of fused-ring (bicyclic) bond motifs is 1. The standard InChI is InChI=1S/C17H17Cl2NO/c18-13-9-15(19)17(20-10-13)16(21)8-12-6-3-5-11-4-1-2-7-14(11)12/h1-2,4,7,9-10,12,16,21H,3,5-6,8H2. The van der Waals surface area contributed by atoms with Crippen LogP contribution in [0.25, 0.3) is 0 Å². The summed E-state index contributed by atoms with van der Waals surface area (Å²) < 4.78 is 0. The van der Waals surface area contributed by atoms with Gasteiger partial charge in [-0.3, -0.25) is 4.98 Å². The molecule has 0 fully saturated rings. The number of hydrogen-bond acceptors (Lipinski definition) is 2. The summed E-state index contributed by atoms with van der Waals surface area (Å²) >= 11 is 12.0. The van der Waals surface area contributed by atoms with Gasteiger partial charge in [-0.25, -0.2) is 0 Å². The summed E-state index contributed by atoms with van der Waals surface area (Å²) in [4.78, 5) is 4.19. The first-order valence-corrected chi connectivity index (χ1v) is 7.97. The molecule has 1 aliphatic rings. The van der Waals surface area contributed by atoms with E-state index in [1.807, 2.05) is 0 Å². The first kappa shape index (κ1) is 14.8. The molecule has 2 nitrogen and oxygen atoms in total. The fraction of sp³-hybridized carbons (Fsp3) is 0.353. The van der Waals surface area contributed by atoms with Crippen molar-refractivity contribution in [2.75, 3.05) is 0 Å². The van der Waals surface area contributed by atoms with E-state index in [9.17, 15) is 5.11 Å². The van der Waals surface area contributed by atoms with Crippen molar-refractivity contribution in [1.82, 2.24) is 4.98 Å². The topological polar surface area (TPSA) is 33.1 Å². The highest BCUT2D eigenvalue weighted by atomic mass is 35.5. The zero-order chi connectivity index (χ0) is 14.8. The predicted octanol–water partition coefficient (Wildman–Crippen LogP) is 4.93. The fourth-order valence-electron chi connectivity index (χ4n) is 3.15. The molecule has 0 saturated heterocycles. The van der Waals surface area contributed by atoms with E-state index in [-0.39, 0.29) is 0 Å². The molecule has 2 aromatic rings. The van der Waals surface area contributed by atoms with Crippen LogP contribution in [-0.4, -0.2) is 10.1 Å². The van der Waals surface area contributed by atoms with Crippen molar-refractivity contribution in [2.24, 2.45) is 0 Å². The van der Waals surface area contributed by atoms with Gasteiger partial charge in [-0.2, -0.15) is 0 Å². The minimum absolute atomic E-state index is 0.360. The average Bonchev–Trinajstić information content (AvgIpc) is 2.47. The maximum Gasteiger partial charge on any atom is 0.0980 e. The van der Waals surface area contributed by atoms with Gasteiger partial charge in [0.2, 0.25) is 0 Å². The number of aromatic nitrogens is 1. The Hall–Kier alpha value is -1.09. The van der Waals surface area contributed by atoms with E-state index in [1.54, 1.807) is 6.07 Å². The molecular weight excluding hydrogens is 305 g/mol. The van der Waals surface area contributed by atoms with E-state index in [0.29, 0.717) is 28.1 Å². The average molecular weight is 322 g/mol. The van der Waals surface area contributed by atoms with Crippen LogP contribution in [0.1, 0.15) is 48.1 Å². The molecule has 3 rings (SSSR count). The van der Waals surface area contributed by atoms with Crippen molar-refractivity contribution in [3.8, 4) is 0 Å². The Balaban J connectivity index is 1.81. The Morgan fingerprint density at radius 3 is 2.90 bits per heavy atom. The lowest BCUT2D eigenvalue weighted by Gasteiger charge is -2.27. The highest BCUT2D eigenvalue weighted by Crippen LogP contribution is 2.38. The van der Waals surface area contributed by atoms with Crippen molar-refractivity contribution in [3.63, 3.8) is 0 Å². The van der Waals surface area contributed by atoms with Gasteiger partial charge in [0.25, 0.3) is 0 Å². The van der Waals surface area contributed by atoms with Gasteiger partial charge >= 0.3 is 0 Å². The molecule has 0 aliphatic heterocycles. The third-order valence-corrected chi connectivity index (χ3v) is 4.66. The summed E-state index contributed by atoms with van der Waals surface area (Å²) in [7, 11) is 0. The molecule has 4 heteroatoms. The maximum atomic E-state index is 10.5. The minimum atomic E-state index is -0.661. The molecule has 0 saturated carbocycles. The quantitative estimate of drug-likeness (QED) is 0.869. The second-order valence-corrected chi connectivity index (χ2v) is 6.40. The number of aliphatic hydroxyl groups is 1. The molecule has 0 amide bonds. The predicted molar refractivity (Wildman–Crippen MR) is 86.0 cm³/mol. The summed E-state index contributed by atoms with van der Waals surface area (Å²) in [6.07, 6.45) is 4.90. The van der Waals surface area contributed by atoms with Crippen LogP contribution in [0.15, 0.2) is 36.5 Å². The summed E-state index contributed by atoms with van der Waals surface area (Å²) in [6.45, 7) is 0. The number of hydrogen-bond donors (Lipinski definition) is 1. The van der Waals surface area contributed by atoms with Crippen molar-refractivity contribution < 1.29 is 5.11 Å². The summed E-state index contributed by atoms with van der Waals surface area (Å²) in [5, 5.41) is 11.4. The van der Waals surface area contributed by atoms with Gasteiger partial charge in [-0.05, 0) is 48.8 Å². The molecule has 2 atom stereocenters. The number of halogens is 2. The van der Waals surface area contributed by atoms with Crippen LogP contribution in [0.2, 0.25) is 10.0 Å². The lowest BCUT2D eigenvalue weighted by Crippen LogP contribution is -2.14. The number of rotatable bonds is 3. The molecule has 1 aromatic carbocycles. The molecule has 1 aliphatic carbocycles. The van der Waals surface area contributed by atoms with Gasteiger partial charge in [0, 0.05) is 6.20 Å². The highest BCUT2D eigenvalue weighted by Gasteiger charge is 2.24. The summed E-state index contributed by atoms with van der Waals surface area (Å²) in [6, 6.07) is 10.1. The summed E-state index contributed by atoms with van der Waals surface area (Å²) in [5.74, 6) is 0.360. The van der Waals surface area contributed by atoms with Crippen LogP contribution in [0.4, 0.5) is 0 Å². The van der Waals surface area contributed by atoms with Gasteiger partial charge in [-0.1, -0.05) is 47.5 Å². The molecule has 1 aromatic heterocycles. The summed E-state index contributed by atoms with van der Waals surface area (Å²) in [5.41, 5.74) is 3.27. The molecular formula is C17H17Cl2NO. The van der Waals surface area contributed by atoms with Crippen molar-refractivity contribution in [2.45, 2.75) is 37.7 Å². The Morgan fingerprint density at radius 1 is 1.29 bits per heavy atom. The third kappa shape index (κ3) is 3.23. The molecule has 21 heavy (non-hydrogen) atoms. The Labute approximate surface area is 134 Å². The van der Waals surface area contributed by atoms with Crippen molar-refractivity contribution in [3.05, 3.63) is 63.4 Å². The monoisotopic (exact) mass is 321 g/mol. The van der Waals surface area contributed by atoms with E-state index in [4.69, 9.17) is 23.2 Å². The second kappa shape index (κ2) is 6.35. The lowest BCUT2D eigenvalue weighted by molar-refractivity contribution is 0.149. The van der Waals surface area contributed by atoms with E-state index < -0.39 is 6.10 Å². The molecule has 110 valence electrons. The zero-order valence-corrected chi connectivity index (χ0v) is 13.1. The Kier molecular flexibility index (Phi) is 4.48. The molecule has 1 heterocycles. The first-order chi connectivity index (χ1) is 10.1. The van der Waals surface area contributed by atoms with Crippen LogP contribution < -0.4 is 0 Å². The first-order valence-electron chi connectivity index (χ1n) is 7.22. The number of benzene rings is 1. The number of nitrogens with zero attached hydrogens (tertiary/aromatic N) is 1. The van der Waals surface area contributed by atoms with Gasteiger partial charge < -0.3 is 5.11 Å². The van der Waals surface area contributed by atoms with Gasteiger partial charge in [0.15, 0.2) is 0 Å². The van der Waals surface area contributed by atoms with E-state index in [2.05, 4.69) is 29.2 Å². The van der Waals surface area contributed by atoms with Gasteiger partial charge in [-0.15, -0.1) is 0 Å². The van der Waals surface area contributed by atoms with E-state index in [1.165, 1.54) is 17.3 Å². The van der Waals surface area contributed by atoms with Crippen LogP contribution in [0.3, 0.4) is 0 Å². The van der Waals surface area contributed by atoms with E-state index in [0.717, 1.165) is 19.3 Å². The normalized spacial score (nSPS) is 19.1. The van der Waals surface area contributed by atoms with Crippen LogP contribution in [0, 0.1) is 0 Å². The number of aliphatic hydroxyl groups excluding tert-OH is 1. The molecule has 1 N–H and O–H groups in total. The molecule has 0 spiro atoms. The minimum Gasteiger partial charge on any atom is -0.387 e. The Morgan fingerprint density at radius 2 is 2.10 bits per heavy atom. The maximum absolute atomic E-state index is 10.5. The van der Waals surface area contributed by atoms with Gasteiger partial charge in [0.05, 0.1) is 21.8 Å². The van der Waals surface area contributed by atoms with Crippen LogP contribution in [0.5, 0.6) is 0 Å². The van der Waals surface area contributed by atoms with Crippen molar-refractivity contribution >= 4 is 23.2 Å².